The van der Waals surface area contributed by atoms with E-state index in [1.807, 2.05) is 13.8 Å². The van der Waals surface area contributed by atoms with Gasteiger partial charge < -0.3 is 15.1 Å². The molecule has 0 atom stereocenters. The molecule has 6 nitrogen and oxygen atoms in total. The molecule has 1 aliphatic rings. The third kappa shape index (κ3) is 3.08. The van der Waals surface area contributed by atoms with Gasteiger partial charge in [-0.15, -0.1) is 0 Å². The normalized spacial score (nSPS) is 17.0. The van der Waals surface area contributed by atoms with E-state index in [9.17, 15) is 4.79 Å². The van der Waals surface area contributed by atoms with Gasteiger partial charge in [0.1, 0.15) is 0 Å². The molecule has 1 aromatic rings. The predicted molar refractivity (Wildman–Crippen MR) is 84.3 cm³/mol. The first kappa shape index (κ1) is 15.9. The van der Waals surface area contributed by atoms with Crippen molar-refractivity contribution in [3.05, 3.63) is 17.3 Å². The Kier molecular flexibility index (Phi) is 4.34. The van der Waals surface area contributed by atoms with Gasteiger partial charge in [0.25, 0.3) is 5.91 Å². The number of amides is 1. The lowest BCUT2D eigenvalue weighted by atomic mass is 10.0. The molecular weight excluding hydrogens is 288 g/mol. The zero-order valence-corrected chi connectivity index (χ0v) is 13.8. The van der Waals surface area contributed by atoms with Crippen molar-refractivity contribution in [3.8, 4) is 0 Å². The van der Waals surface area contributed by atoms with E-state index >= 15 is 0 Å². The molecule has 2 heterocycles. The molecule has 0 radical (unpaired) electrons. The summed E-state index contributed by atoms with van der Waals surface area (Å²) in [6, 6.07) is 0. The van der Waals surface area contributed by atoms with Gasteiger partial charge in [0.05, 0.1) is 16.2 Å². The third-order valence-corrected chi connectivity index (χ3v) is 4.56. The largest absolute Gasteiger partial charge is 0.436 e. The molecule has 0 aromatic carbocycles. The lowest BCUT2D eigenvalue weighted by Crippen LogP contribution is -2.59. The standard InChI is InChI=1S/C14H22N4O2S/c1-9-11(20-10(2)16-9)12(19)17-5-7-18(8-6-17)14(3,4)13(15)21/h5-8H2,1-4H3,(H2,15,21). The highest BCUT2D eigenvalue weighted by molar-refractivity contribution is 7.80. The van der Waals surface area contributed by atoms with Crippen molar-refractivity contribution in [1.82, 2.24) is 14.8 Å². The van der Waals surface area contributed by atoms with Crippen molar-refractivity contribution in [1.29, 1.82) is 0 Å². The molecular formula is C14H22N4O2S. The third-order valence-electron chi connectivity index (χ3n) is 4.06. The van der Waals surface area contributed by atoms with Crippen LogP contribution in [0.15, 0.2) is 4.42 Å². The van der Waals surface area contributed by atoms with Gasteiger partial charge in [0.15, 0.2) is 5.89 Å². The van der Waals surface area contributed by atoms with E-state index in [0.717, 1.165) is 13.1 Å². The van der Waals surface area contributed by atoms with Gasteiger partial charge in [-0.1, -0.05) is 12.2 Å². The Morgan fingerprint density at radius 2 is 1.86 bits per heavy atom. The van der Waals surface area contributed by atoms with Gasteiger partial charge in [0, 0.05) is 33.1 Å². The Bertz CT molecular complexity index is 559. The monoisotopic (exact) mass is 310 g/mol. The second-order valence-corrected chi connectivity index (χ2v) is 6.29. The van der Waals surface area contributed by atoms with E-state index < -0.39 is 0 Å². The van der Waals surface area contributed by atoms with Crippen molar-refractivity contribution < 1.29 is 9.21 Å². The molecule has 0 bridgehead atoms. The van der Waals surface area contributed by atoms with Crippen LogP contribution in [0.2, 0.25) is 0 Å². The van der Waals surface area contributed by atoms with Gasteiger partial charge in [-0.3, -0.25) is 9.69 Å². The number of oxazole rings is 1. The van der Waals surface area contributed by atoms with Gasteiger partial charge in [-0.25, -0.2) is 4.98 Å². The van der Waals surface area contributed by atoms with Crippen LogP contribution in [0.25, 0.3) is 0 Å². The predicted octanol–water partition coefficient (Wildman–Crippen LogP) is 1.11. The molecule has 1 fully saturated rings. The first-order valence-corrected chi connectivity index (χ1v) is 7.42. The number of carbonyl (C=O) groups excluding carboxylic acids is 1. The van der Waals surface area contributed by atoms with Crippen LogP contribution in [0.3, 0.4) is 0 Å². The van der Waals surface area contributed by atoms with Crippen LogP contribution in [-0.4, -0.2) is 57.4 Å². The minimum Gasteiger partial charge on any atom is -0.436 e. The van der Waals surface area contributed by atoms with Gasteiger partial charge in [0.2, 0.25) is 5.76 Å². The highest BCUT2D eigenvalue weighted by Crippen LogP contribution is 2.19. The van der Waals surface area contributed by atoms with E-state index in [4.69, 9.17) is 22.4 Å². The molecule has 2 N–H and O–H groups in total. The summed E-state index contributed by atoms with van der Waals surface area (Å²) in [5, 5.41) is 0. The summed E-state index contributed by atoms with van der Waals surface area (Å²) in [7, 11) is 0. The number of aromatic nitrogens is 1. The summed E-state index contributed by atoms with van der Waals surface area (Å²) in [5.41, 5.74) is 6.11. The van der Waals surface area contributed by atoms with Crippen LogP contribution < -0.4 is 5.73 Å². The van der Waals surface area contributed by atoms with Crippen molar-refractivity contribution >= 4 is 23.1 Å². The lowest BCUT2D eigenvalue weighted by molar-refractivity contribution is 0.0510. The molecule has 0 aliphatic carbocycles. The average molecular weight is 310 g/mol. The quantitative estimate of drug-likeness (QED) is 0.843. The Morgan fingerprint density at radius 3 is 2.29 bits per heavy atom. The number of thiocarbonyl (C=S) groups is 1. The summed E-state index contributed by atoms with van der Waals surface area (Å²) in [6.45, 7) is 10.3. The Balaban J connectivity index is 2.03. The van der Waals surface area contributed by atoms with Crippen LogP contribution in [0.1, 0.15) is 36.0 Å². The number of hydrogen-bond acceptors (Lipinski definition) is 5. The minimum absolute atomic E-state index is 0.0964. The summed E-state index contributed by atoms with van der Waals surface area (Å²) in [6.07, 6.45) is 0. The van der Waals surface area contributed by atoms with E-state index in [1.54, 1.807) is 18.7 Å². The van der Waals surface area contributed by atoms with Crippen molar-refractivity contribution in [2.75, 3.05) is 26.2 Å². The molecule has 0 saturated carbocycles. The maximum atomic E-state index is 12.4. The summed E-state index contributed by atoms with van der Waals surface area (Å²) in [5.74, 6) is 0.763. The maximum Gasteiger partial charge on any atom is 0.291 e. The van der Waals surface area contributed by atoms with Crippen LogP contribution >= 0.6 is 12.2 Å². The van der Waals surface area contributed by atoms with E-state index in [1.165, 1.54) is 0 Å². The van der Waals surface area contributed by atoms with E-state index in [0.29, 0.717) is 35.4 Å². The summed E-state index contributed by atoms with van der Waals surface area (Å²) in [4.78, 5) is 21.1. The fraction of sp³-hybridized carbons (Fsp3) is 0.643. The molecule has 1 aromatic heterocycles. The minimum atomic E-state index is -0.330. The Morgan fingerprint density at radius 1 is 1.29 bits per heavy atom. The van der Waals surface area contributed by atoms with Gasteiger partial charge >= 0.3 is 0 Å². The maximum absolute atomic E-state index is 12.4. The van der Waals surface area contributed by atoms with E-state index in [-0.39, 0.29) is 11.4 Å². The van der Waals surface area contributed by atoms with Crippen LogP contribution in [0.5, 0.6) is 0 Å². The van der Waals surface area contributed by atoms with E-state index in [2.05, 4.69) is 9.88 Å². The molecule has 116 valence electrons. The zero-order chi connectivity index (χ0) is 15.8. The molecule has 0 spiro atoms. The summed E-state index contributed by atoms with van der Waals surface area (Å²) >= 11 is 5.12. The van der Waals surface area contributed by atoms with Crippen molar-refractivity contribution in [2.45, 2.75) is 33.2 Å². The topological polar surface area (TPSA) is 75.6 Å². The SMILES string of the molecule is Cc1nc(C)c(C(=O)N2CCN(C(C)(C)C(N)=S)CC2)o1. The average Bonchev–Trinajstić information content (AvgIpc) is 2.77. The Labute approximate surface area is 130 Å². The Hall–Kier alpha value is -1.47. The number of piperazine rings is 1. The smallest absolute Gasteiger partial charge is 0.291 e. The molecule has 1 aliphatic heterocycles. The summed E-state index contributed by atoms with van der Waals surface area (Å²) < 4.78 is 5.40. The number of rotatable bonds is 3. The first-order valence-electron chi connectivity index (χ1n) is 7.01. The second-order valence-electron chi connectivity index (χ2n) is 5.85. The number of carbonyl (C=O) groups is 1. The first-order chi connectivity index (χ1) is 9.73. The molecule has 2 rings (SSSR count). The van der Waals surface area contributed by atoms with Gasteiger partial charge in [-0.2, -0.15) is 0 Å². The van der Waals surface area contributed by atoms with Gasteiger partial charge in [-0.05, 0) is 20.8 Å². The van der Waals surface area contributed by atoms with Crippen LogP contribution in [-0.2, 0) is 0 Å². The fourth-order valence-electron chi connectivity index (χ4n) is 2.50. The molecule has 21 heavy (non-hydrogen) atoms. The highest BCUT2D eigenvalue weighted by atomic mass is 32.1. The van der Waals surface area contributed by atoms with Crippen LogP contribution in [0, 0.1) is 13.8 Å². The van der Waals surface area contributed by atoms with Crippen molar-refractivity contribution in [2.24, 2.45) is 5.73 Å². The lowest BCUT2D eigenvalue weighted by Gasteiger charge is -2.43. The second kappa shape index (κ2) is 5.73. The van der Waals surface area contributed by atoms with Crippen molar-refractivity contribution in [3.63, 3.8) is 0 Å². The van der Waals surface area contributed by atoms with Crippen LogP contribution in [0.4, 0.5) is 0 Å². The number of hydrogen-bond donors (Lipinski definition) is 1. The number of nitrogens with two attached hydrogens (primary N) is 1. The zero-order valence-electron chi connectivity index (χ0n) is 13.0. The molecule has 0 unspecified atom stereocenters. The number of nitrogens with zero attached hydrogens (tertiary/aromatic N) is 3. The number of aryl methyl sites for hydroxylation is 2. The fourth-order valence-corrected chi connectivity index (χ4v) is 2.63. The molecule has 1 amide bonds. The highest BCUT2D eigenvalue weighted by Gasteiger charge is 2.34. The molecule has 1 saturated heterocycles. The molecule has 7 heteroatoms.